The first-order chi connectivity index (χ1) is 14.7. The molecule has 0 bridgehead atoms. The fourth-order valence-electron chi connectivity index (χ4n) is 3.92. The molecule has 0 amide bonds. The molecule has 0 atom stereocenters. The second kappa shape index (κ2) is 9.06. The number of carbonyl (C=O) groups excluding carboxylic acids is 1. The van der Waals surface area contributed by atoms with Crippen molar-refractivity contribution < 1.29 is 19.4 Å². The summed E-state index contributed by atoms with van der Waals surface area (Å²) in [4.78, 5) is 24.4. The minimum atomic E-state index is -0.912. The van der Waals surface area contributed by atoms with Gasteiger partial charge in [-0.25, -0.2) is 4.79 Å². The van der Waals surface area contributed by atoms with Crippen molar-refractivity contribution >= 4 is 33.2 Å². The lowest BCUT2D eigenvalue weighted by atomic mass is 9.74. The molecule has 0 aliphatic carbocycles. The lowest BCUT2D eigenvalue weighted by Crippen LogP contribution is -2.25. The standard InChI is InChI=1S/C26H28O4S/c1-6-26(7-2,24-14-18-8-9-19(25(28)29)13-23(18)31-24)20-10-11-22(17(5)12-20)30-15-21(27)16(3)4/h8-14H,3,6-7,15H2,1-2,4-5H3,(H,28,29). The molecule has 0 radical (unpaired) electrons. The quantitative estimate of drug-likeness (QED) is 0.387. The number of carboxylic acids is 1. The molecule has 0 aliphatic rings. The molecule has 0 fully saturated rings. The van der Waals surface area contributed by atoms with Crippen LogP contribution >= 0.6 is 11.3 Å². The Morgan fingerprint density at radius 3 is 2.39 bits per heavy atom. The van der Waals surface area contributed by atoms with Gasteiger partial charge in [0.25, 0.3) is 0 Å². The second-order valence-corrected chi connectivity index (χ2v) is 9.01. The Balaban J connectivity index is 2.00. The molecule has 5 heteroatoms. The van der Waals surface area contributed by atoms with Crippen LogP contribution in [0.5, 0.6) is 5.75 Å². The molecule has 0 saturated carbocycles. The summed E-state index contributed by atoms with van der Waals surface area (Å²) in [6.07, 6.45) is 1.83. The molecule has 0 saturated heterocycles. The number of hydrogen-bond donors (Lipinski definition) is 1. The number of rotatable bonds is 9. The van der Waals surface area contributed by atoms with E-state index < -0.39 is 5.97 Å². The molecule has 1 N–H and O–H groups in total. The van der Waals surface area contributed by atoms with Gasteiger partial charge in [-0.3, -0.25) is 4.79 Å². The Kier molecular flexibility index (Phi) is 6.65. The van der Waals surface area contributed by atoms with Crippen molar-refractivity contribution in [3.8, 4) is 5.75 Å². The highest BCUT2D eigenvalue weighted by Crippen LogP contribution is 2.45. The molecular weight excluding hydrogens is 408 g/mol. The van der Waals surface area contributed by atoms with Gasteiger partial charge in [0, 0.05) is 15.0 Å². The van der Waals surface area contributed by atoms with Crippen molar-refractivity contribution in [3.05, 3.63) is 76.2 Å². The smallest absolute Gasteiger partial charge is 0.335 e. The monoisotopic (exact) mass is 436 g/mol. The molecule has 0 spiro atoms. The maximum Gasteiger partial charge on any atom is 0.335 e. The molecule has 1 aromatic heterocycles. The zero-order chi connectivity index (χ0) is 22.8. The van der Waals surface area contributed by atoms with E-state index >= 15 is 0 Å². The summed E-state index contributed by atoms with van der Waals surface area (Å²) in [5, 5.41) is 10.4. The van der Waals surface area contributed by atoms with Gasteiger partial charge in [-0.2, -0.15) is 0 Å². The molecule has 0 unspecified atom stereocenters. The SMILES string of the molecule is C=C(C)C(=O)COc1ccc(C(CC)(CC)c2cc3ccc(C(=O)O)cc3s2)cc1C. The van der Waals surface area contributed by atoms with E-state index in [1.807, 2.05) is 19.1 Å². The Labute approximate surface area is 187 Å². The van der Waals surface area contributed by atoms with Crippen molar-refractivity contribution in [2.24, 2.45) is 0 Å². The third-order valence-corrected chi connectivity index (χ3v) is 7.31. The van der Waals surface area contributed by atoms with Gasteiger partial charge in [0.1, 0.15) is 5.75 Å². The summed E-state index contributed by atoms with van der Waals surface area (Å²) in [7, 11) is 0. The molecule has 4 nitrogen and oxygen atoms in total. The van der Waals surface area contributed by atoms with Crippen molar-refractivity contribution in [3.63, 3.8) is 0 Å². The van der Waals surface area contributed by atoms with Crippen LogP contribution < -0.4 is 4.74 Å². The number of ketones is 1. The van der Waals surface area contributed by atoms with Crippen LogP contribution in [-0.2, 0) is 10.2 Å². The Morgan fingerprint density at radius 1 is 1.10 bits per heavy atom. The Hall–Kier alpha value is -2.92. The molecule has 162 valence electrons. The van der Waals surface area contributed by atoms with Crippen LogP contribution in [0.2, 0.25) is 0 Å². The number of carboxylic acid groups (broad SMARTS) is 1. The van der Waals surface area contributed by atoms with Gasteiger partial charge in [0.05, 0.1) is 5.56 Å². The average Bonchev–Trinajstić information content (AvgIpc) is 3.17. The second-order valence-electron chi connectivity index (χ2n) is 7.93. The van der Waals surface area contributed by atoms with Gasteiger partial charge in [-0.05, 0) is 73.0 Å². The van der Waals surface area contributed by atoms with E-state index in [0.717, 1.165) is 28.5 Å². The molecule has 3 aromatic rings. The third-order valence-electron chi connectivity index (χ3n) is 6.01. The van der Waals surface area contributed by atoms with Gasteiger partial charge in [-0.1, -0.05) is 38.6 Å². The summed E-state index contributed by atoms with van der Waals surface area (Å²) in [5.41, 5.74) is 2.79. The fourth-order valence-corrected chi connectivity index (χ4v) is 5.38. The molecule has 2 aromatic carbocycles. The highest BCUT2D eigenvalue weighted by Gasteiger charge is 2.33. The van der Waals surface area contributed by atoms with Gasteiger partial charge in [0.2, 0.25) is 0 Å². The summed E-state index contributed by atoms with van der Waals surface area (Å²) in [6, 6.07) is 13.6. The highest BCUT2D eigenvalue weighted by molar-refractivity contribution is 7.19. The minimum absolute atomic E-state index is 0.00948. The lowest BCUT2D eigenvalue weighted by Gasteiger charge is -2.32. The number of Topliss-reactive ketones (excluding diaryl/α,β-unsaturated/α-hetero) is 1. The fraction of sp³-hybridized carbons (Fsp3) is 0.308. The van der Waals surface area contributed by atoms with E-state index in [2.05, 4.69) is 38.6 Å². The van der Waals surface area contributed by atoms with E-state index in [0.29, 0.717) is 16.9 Å². The normalized spacial score (nSPS) is 11.5. The third kappa shape index (κ3) is 4.42. The number of ether oxygens (including phenoxy) is 1. The van der Waals surface area contributed by atoms with Crippen LogP contribution in [0, 0.1) is 6.92 Å². The van der Waals surface area contributed by atoms with Crippen LogP contribution in [0.4, 0.5) is 0 Å². The largest absolute Gasteiger partial charge is 0.485 e. The molecule has 3 rings (SSSR count). The van der Waals surface area contributed by atoms with Gasteiger partial charge >= 0.3 is 5.97 Å². The van der Waals surface area contributed by atoms with E-state index in [1.54, 1.807) is 30.4 Å². The summed E-state index contributed by atoms with van der Waals surface area (Å²) < 4.78 is 6.70. The lowest BCUT2D eigenvalue weighted by molar-refractivity contribution is -0.117. The zero-order valence-electron chi connectivity index (χ0n) is 18.5. The van der Waals surface area contributed by atoms with Crippen molar-refractivity contribution in [1.82, 2.24) is 0 Å². The topological polar surface area (TPSA) is 63.6 Å². The maximum atomic E-state index is 11.8. The molecule has 31 heavy (non-hydrogen) atoms. The van der Waals surface area contributed by atoms with Crippen LogP contribution in [0.1, 0.15) is 60.0 Å². The number of fused-ring (bicyclic) bond motifs is 1. The predicted octanol–water partition coefficient (Wildman–Crippen LogP) is 6.54. The van der Waals surface area contributed by atoms with Crippen molar-refractivity contribution in [1.29, 1.82) is 0 Å². The Morgan fingerprint density at radius 2 is 1.81 bits per heavy atom. The summed E-state index contributed by atoms with van der Waals surface area (Å²) in [6.45, 7) is 11.7. The van der Waals surface area contributed by atoms with Gasteiger partial charge in [-0.15, -0.1) is 11.3 Å². The maximum absolute atomic E-state index is 11.8. The summed E-state index contributed by atoms with van der Waals surface area (Å²) >= 11 is 1.66. The molecule has 0 aliphatic heterocycles. The van der Waals surface area contributed by atoms with Crippen LogP contribution in [0.3, 0.4) is 0 Å². The first-order valence-electron chi connectivity index (χ1n) is 10.4. The van der Waals surface area contributed by atoms with Crippen molar-refractivity contribution in [2.75, 3.05) is 6.61 Å². The van der Waals surface area contributed by atoms with E-state index in [1.165, 1.54) is 10.4 Å². The number of hydrogen-bond acceptors (Lipinski definition) is 4. The number of aryl methyl sites for hydroxylation is 1. The molecule has 1 heterocycles. The van der Waals surface area contributed by atoms with E-state index in [4.69, 9.17) is 4.74 Å². The predicted molar refractivity (Wildman–Crippen MR) is 127 cm³/mol. The van der Waals surface area contributed by atoms with Crippen LogP contribution in [-0.4, -0.2) is 23.5 Å². The van der Waals surface area contributed by atoms with Gasteiger partial charge < -0.3 is 9.84 Å². The van der Waals surface area contributed by atoms with Crippen LogP contribution in [0.25, 0.3) is 10.1 Å². The minimum Gasteiger partial charge on any atom is -0.485 e. The first kappa shape index (κ1) is 22.8. The van der Waals surface area contributed by atoms with Crippen LogP contribution in [0.15, 0.2) is 54.6 Å². The number of carbonyl (C=O) groups is 2. The number of thiophene rings is 1. The number of aromatic carboxylic acids is 1. The number of benzene rings is 2. The highest BCUT2D eigenvalue weighted by atomic mass is 32.1. The summed E-state index contributed by atoms with van der Waals surface area (Å²) in [5.74, 6) is -0.321. The van der Waals surface area contributed by atoms with E-state index in [-0.39, 0.29) is 17.8 Å². The van der Waals surface area contributed by atoms with Gasteiger partial charge in [0.15, 0.2) is 12.4 Å². The average molecular weight is 437 g/mol. The van der Waals surface area contributed by atoms with E-state index in [9.17, 15) is 14.7 Å². The zero-order valence-corrected chi connectivity index (χ0v) is 19.3. The first-order valence-corrected chi connectivity index (χ1v) is 11.2. The molecular formula is C26H28O4S. The Bertz CT molecular complexity index is 1150. The van der Waals surface area contributed by atoms with Crippen molar-refractivity contribution in [2.45, 2.75) is 46.0 Å².